The first-order chi connectivity index (χ1) is 6.37. The zero-order valence-electron chi connectivity index (χ0n) is 9.13. The molecule has 0 aromatic rings. The van der Waals surface area contributed by atoms with Crippen LogP contribution in [0.1, 0.15) is 27.2 Å². The molecule has 5 heteroatoms. The minimum absolute atomic E-state index is 0.353. The number of nitrogens with zero attached hydrogens (tertiary/aromatic N) is 1. The Hall–Kier alpha value is -1.26. The molecule has 14 heavy (non-hydrogen) atoms. The fourth-order valence-corrected chi connectivity index (χ4v) is 0.768. The highest BCUT2D eigenvalue weighted by atomic mass is 16.4. The van der Waals surface area contributed by atoms with Crippen LogP contribution in [0.25, 0.3) is 0 Å². The summed E-state index contributed by atoms with van der Waals surface area (Å²) in [6, 6.07) is -0.362. The molecule has 5 nitrogen and oxygen atoms in total. The van der Waals surface area contributed by atoms with Crippen LogP contribution in [0.3, 0.4) is 0 Å². The molecule has 0 aliphatic carbocycles. The molecule has 1 unspecified atom stereocenters. The van der Waals surface area contributed by atoms with Gasteiger partial charge in [0.1, 0.15) is 5.54 Å². The second-order valence-electron chi connectivity index (χ2n) is 3.44. The maximum Gasteiger partial charge on any atom is 0.329 e. The van der Waals surface area contributed by atoms with Gasteiger partial charge in [0, 0.05) is 13.6 Å². The van der Waals surface area contributed by atoms with E-state index in [0.29, 0.717) is 13.0 Å². The van der Waals surface area contributed by atoms with Crippen LogP contribution in [0, 0.1) is 0 Å². The smallest absolute Gasteiger partial charge is 0.329 e. The molecular formula is C9H18N2O3. The van der Waals surface area contributed by atoms with E-state index in [1.165, 1.54) is 11.8 Å². The van der Waals surface area contributed by atoms with Crippen molar-refractivity contribution in [1.29, 1.82) is 0 Å². The number of hydrogen-bond donors (Lipinski definition) is 2. The van der Waals surface area contributed by atoms with Crippen LogP contribution >= 0.6 is 0 Å². The molecule has 0 aliphatic rings. The molecule has 0 saturated heterocycles. The second kappa shape index (κ2) is 4.83. The van der Waals surface area contributed by atoms with Gasteiger partial charge in [-0.05, 0) is 20.3 Å². The lowest BCUT2D eigenvalue weighted by Gasteiger charge is -2.27. The van der Waals surface area contributed by atoms with Crippen LogP contribution in [0.15, 0.2) is 0 Å². The van der Waals surface area contributed by atoms with E-state index in [4.69, 9.17) is 5.11 Å². The summed E-state index contributed by atoms with van der Waals surface area (Å²) >= 11 is 0. The van der Waals surface area contributed by atoms with Gasteiger partial charge in [0.05, 0.1) is 0 Å². The van der Waals surface area contributed by atoms with Crippen molar-refractivity contribution >= 4 is 12.0 Å². The number of rotatable bonds is 4. The Labute approximate surface area is 84.1 Å². The number of nitrogens with one attached hydrogen (secondary N) is 1. The number of carboxylic acid groups (broad SMARTS) is 1. The van der Waals surface area contributed by atoms with Crippen molar-refractivity contribution in [3.05, 3.63) is 0 Å². The van der Waals surface area contributed by atoms with Crippen molar-refractivity contribution in [1.82, 2.24) is 10.2 Å². The molecule has 82 valence electrons. The monoisotopic (exact) mass is 202 g/mol. The van der Waals surface area contributed by atoms with Crippen molar-refractivity contribution in [2.75, 3.05) is 13.6 Å². The Kier molecular flexibility index (Phi) is 4.40. The van der Waals surface area contributed by atoms with E-state index in [0.717, 1.165) is 0 Å². The highest BCUT2D eigenvalue weighted by molar-refractivity contribution is 5.85. The van der Waals surface area contributed by atoms with Gasteiger partial charge in [0.15, 0.2) is 0 Å². The van der Waals surface area contributed by atoms with Crippen LogP contribution in [-0.4, -0.2) is 41.1 Å². The van der Waals surface area contributed by atoms with Gasteiger partial charge in [-0.15, -0.1) is 0 Å². The fraction of sp³-hybridized carbons (Fsp3) is 0.778. The quantitative estimate of drug-likeness (QED) is 0.711. The van der Waals surface area contributed by atoms with E-state index < -0.39 is 11.5 Å². The SMILES string of the molecule is CCN(C)C(=O)NC(C)(CC)C(=O)O. The van der Waals surface area contributed by atoms with Crippen LogP contribution < -0.4 is 5.32 Å². The van der Waals surface area contributed by atoms with Crippen LogP contribution in [-0.2, 0) is 4.79 Å². The van der Waals surface area contributed by atoms with E-state index in [2.05, 4.69) is 5.32 Å². The third-order valence-corrected chi connectivity index (χ3v) is 2.38. The van der Waals surface area contributed by atoms with E-state index in [1.807, 2.05) is 6.92 Å². The van der Waals surface area contributed by atoms with Gasteiger partial charge in [-0.25, -0.2) is 9.59 Å². The molecule has 0 spiro atoms. The minimum Gasteiger partial charge on any atom is -0.480 e. The van der Waals surface area contributed by atoms with Gasteiger partial charge in [0.25, 0.3) is 0 Å². The average molecular weight is 202 g/mol. The predicted molar refractivity (Wildman–Crippen MR) is 53.2 cm³/mol. The van der Waals surface area contributed by atoms with Crippen LogP contribution in [0.2, 0.25) is 0 Å². The lowest BCUT2D eigenvalue weighted by molar-refractivity contribution is -0.143. The number of urea groups is 1. The summed E-state index contributed by atoms with van der Waals surface area (Å²) in [6.07, 6.45) is 0.353. The molecule has 0 saturated carbocycles. The molecule has 0 aliphatic heterocycles. The highest BCUT2D eigenvalue weighted by Crippen LogP contribution is 2.09. The number of amides is 2. The zero-order chi connectivity index (χ0) is 11.4. The van der Waals surface area contributed by atoms with Gasteiger partial charge < -0.3 is 15.3 Å². The minimum atomic E-state index is -1.18. The van der Waals surface area contributed by atoms with Crippen molar-refractivity contribution in [2.24, 2.45) is 0 Å². The Morgan fingerprint density at radius 2 is 1.93 bits per heavy atom. The highest BCUT2D eigenvalue weighted by Gasteiger charge is 2.33. The molecule has 0 aromatic heterocycles. The molecular weight excluding hydrogens is 184 g/mol. The van der Waals surface area contributed by atoms with Crippen molar-refractivity contribution in [2.45, 2.75) is 32.7 Å². The standard InChI is InChI=1S/C9H18N2O3/c1-5-9(3,7(12)13)10-8(14)11(4)6-2/h5-6H2,1-4H3,(H,10,14)(H,12,13). The van der Waals surface area contributed by atoms with Crippen LogP contribution in [0.4, 0.5) is 4.79 Å². The number of carbonyl (C=O) groups is 2. The first-order valence-corrected chi connectivity index (χ1v) is 4.64. The lowest BCUT2D eigenvalue weighted by Crippen LogP contribution is -2.55. The van der Waals surface area contributed by atoms with Crippen molar-refractivity contribution in [3.8, 4) is 0 Å². The normalized spacial score (nSPS) is 14.3. The summed E-state index contributed by atoms with van der Waals surface area (Å²) in [4.78, 5) is 23.7. The van der Waals surface area contributed by atoms with Gasteiger partial charge in [0.2, 0.25) is 0 Å². The van der Waals surface area contributed by atoms with Gasteiger partial charge in [-0.1, -0.05) is 6.92 Å². The number of carbonyl (C=O) groups excluding carboxylic acids is 1. The molecule has 0 aromatic carbocycles. The van der Waals surface area contributed by atoms with Gasteiger partial charge in [-0.2, -0.15) is 0 Å². The van der Waals surface area contributed by atoms with E-state index in [1.54, 1.807) is 14.0 Å². The molecule has 1 atom stereocenters. The molecule has 0 radical (unpaired) electrons. The lowest BCUT2D eigenvalue weighted by atomic mass is 10.00. The molecule has 0 bridgehead atoms. The fourth-order valence-electron chi connectivity index (χ4n) is 0.768. The summed E-state index contributed by atoms with van der Waals surface area (Å²) in [5, 5.41) is 11.4. The summed E-state index contributed by atoms with van der Waals surface area (Å²) in [5.41, 5.74) is -1.18. The van der Waals surface area contributed by atoms with E-state index >= 15 is 0 Å². The maximum absolute atomic E-state index is 11.4. The average Bonchev–Trinajstić information content (AvgIpc) is 2.15. The Balaban J connectivity index is 4.47. The Bertz CT molecular complexity index is 230. The molecule has 2 amide bonds. The Morgan fingerprint density at radius 1 is 1.43 bits per heavy atom. The maximum atomic E-state index is 11.4. The largest absolute Gasteiger partial charge is 0.480 e. The van der Waals surface area contributed by atoms with Crippen molar-refractivity contribution in [3.63, 3.8) is 0 Å². The summed E-state index contributed by atoms with van der Waals surface area (Å²) in [7, 11) is 1.62. The van der Waals surface area contributed by atoms with Crippen molar-refractivity contribution < 1.29 is 14.7 Å². The topological polar surface area (TPSA) is 69.6 Å². The molecule has 0 rings (SSSR count). The third kappa shape index (κ3) is 2.90. The first-order valence-electron chi connectivity index (χ1n) is 4.64. The van der Waals surface area contributed by atoms with Crippen LogP contribution in [0.5, 0.6) is 0 Å². The molecule has 0 fully saturated rings. The molecule has 0 heterocycles. The van der Waals surface area contributed by atoms with E-state index in [9.17, 15) is 9.59 Å². The number of hydrogen-bond acceptors (Lipinski definition) is 2. The third-order valence-electron chi connectivity index (χ3n) is 2.38. The summed E-state index contributed by atoms with van der Waals surface area (Å²) in [6.45, 7) is 5.59. The second-order valence-corrected chi connectivity index (χ2v) is 3.44. The number of aliphatic carboxylic acids is 1. The molecule has 2 N–H and O–H groups in total. The zero-order valence-corrected chi connectivity index (χ0v) is 9.13. The predicted octanol–water partition coefficient (Wildman–Crippen LogP) is 0.901. The Morgan fingerprint density at radius 3 is 2.21 bits per heavy atom. The summed E-state index contributed by atoms with van der Waals surface area (Å²) in [5.74, 6) is -1.02. The summed E-state index contributed by atoms with van der Waals surface area (Å²) < 4.78 is 0. The first kappa shape index (κ1) is 12.7. The van der Waals surface area contributed by atoms with E-state index in [-0.39, 0.29) is 6.03 Å². The number of carboxylic acids is 1. The van der Waals surface area contributed by atoms with Gasteiger partial charge in [-0.3, -0.25) is 0 Å². The van der Waals surface area contributed by atoms with Gasteiger partial charge >= 0.3 is 12.0 Å².